The predicted octanol–water partition coefficient (Wildman–Crippen LogP) is 1.79. The van der Waals surface area contributed by atoms with Crippen LogP contribution in [0.1, 0.15) is 32.4 Å². The van der Waals surface area contributed by atoms with Crippen molar-refractivity contribution in [1.82, 2.24) is 0 Å². The monoisotopic (exact) mass is 297 g/mol. The number of isocyanates is 1. The Bertz CT molecular complexity index is 556. The number of hydrogen-bond donors (Lipinski definition) is 2. The van der Waals surface area contributed by atoms with Gasteiger partial charge in [0, 0.05) is 0 Å². The number of halogens is 1. The number of benzene rings is 1. The van der Waals surface area contributed by atoms with Gasteiger partial charge in [0.1, 0.15) is 11.9 Å². The number of carboxylic acid groups (broad SMARTS) is 1. The molecule has 0 bridgehead atoms. The van der Waals surface area contributed by atoms with Crippen molar-refractivity contribution in [3.05, 3.63) is 35.6 Å². The molecule has 1 rings (SSSR count). The highest BCUT2D eigenvalue weighted by Crippen LogP contribution is 2.35. The first-order chi connectivity index (χ1) is 9.60. The number of hydrogen-bond acceptors (Lipinski definition) is 5. The molecule has 0 amide bonds. The van der Waals surface area contributed by atoms with Gasteiger partial charge in [-0.2, -0.15) is 4.99 Å². The third kappa shape index (κ3) is 4.19. The second-order valence-corrected chi connectivity index (χ2v) is 5.40. The van der Waals surface area contributed by atoms with Crippen molar-refractivity contribution in [3.63, 3.8) is 0 Å². The third-order valence-electron chi connectivity index (χ3n) is 2.54. The van der Waals surface area contributed by atoms with E-state index in [1.54, 1.807) is 20.8 Å². The first kappa shape index (κ1) is 17.0. The van der Waals surface area contributed by atoms with Gasteiger partial charge in [0.2, 0.25) is 6.08 Å². The maximum atomic E-state index is 13.0. The fourth-order valence-electron chi connectivity index (χ4n) is 1.66. The molecule has 1 aromatic carbocycles. The number of nitrogens with zero attached hydrogens (tertiary/aromatic N) is 1. The zero-order valence-electron chi connectivity index (χ0n) is 11.8. The normalized spacial score (nSPS) is 15.7. The van der Waals surface area contributed by atoms with Crippen LogP contribution >= 0.6 is 0 Å². The van der Waals surface area contributed by atoms with Crippen LogP contribution in [0.5, 0.6) is 0 Å². The molecule has 2 N–H and O–H groups in total. The summed E-state index contributed by atoms with van der Waals surface area (Å²) in [6.07, 6.45) is -0.476. The van der Waals surface area contributed by atoms with Crippen molar-refractivity contribution < 1.29 is 28.9 Å². The molecule has 0 heterocycles. The van der Waals surface area contributed by atoms with Crippen LogP contribution in [0.4, 0.5) is 4.39 Å². The standard InChI is InChI=1S/C14H16FNO5/c1-13(2,3)21-11(9-4-6-10(15)7-5-9)14(20,12(18)19)16-8-17/h4-7,11,20H,1-3H3,(H,18,19)/t11-,14+/m0/s1. The van der Waals surface area contributed by atoms with Crippen LogP contribution in [-0.2, 0) is 14.3 Å². The number of aliphatic imine (C=N–C) groups is 1. The molecule has 0 saturated heterocycles. The van der Waals surface area contributed by atoms with Gasteiger partial charge < -0.3 is 14.9 Å². The zero-order valence-corrected chi connectivity index (χ0v) is 11.8. The first-order valence-electron chi connectivity index (χ1n) is 6.08. The Labute approximate surface area is 120 Å². The summed E-state index contributed by atoms with van der Waals surface area (Å²) >= 11 is 0. The molecule has 0 aliphatic rings. The third-order valence-corrected chi connectivity index (χ3v) is 2.54. The van der Waals surface area contributed by atoms with E-state index in [1.807, 2.05) is 0 Å². The summed E-state index contributed by atoms with van der Waals surface area (Å²) in [6, 6.07) is 4.67. The number of carbonyl (C=O) groups excluding carboxylic acids is 1. The van der Waals surface area contributed by atoms with Crippen LogP contribution in [0.3, 0.4) is 0 Å². The van der Waals surface area contributed by atoms with Crippen LogP contribution < -0.4 is 0 Å². The molecule has 0 radical (unpaired) electrons. The van der Waals surface area contributed by atoms with Gasteiger partial charge >= 0.3 is 5.97 Å². The average Bonchev–Trinajstić information content (AvgIpc) is 2.36. The summed E-state index contributed by atoms with van der Waals surface area (Å²) in [4.78, 5) is 24.7. The minimum absolute atomic E-state index is 0.162. The number of ether oxygens (including phenoxy) is 1. The number of aliphatic carboxylic acids is 1. The average molecular weight is 297 g/mol. The summed E-state index contributed by atoms with van der Waals surface area (Å²) in [7, 11) is 0. The van der Waals surface area contributed by atoms with Crippen LogP contribution in [0, 0.1) is 5.82 Å². The van der Waals surface area contributed by atoms with Gasteiger partial charge in [-0.3, -0.25) is 0 Å². The molecule has 1 aromatic rings. The van der Waals surface area contributed by atoms with E-state index in [2.05, 4.69) is 4.99 Å². The van der Waals surface area contributed by atoms with E-state index in [9.17, 15) is 24.2 Å². The van der Waals surface area contributed by atoms with E-state index < -0.39 is 29.2 Å². The minimum atomic E-state index is -2.85. The largest absolute Gasteiger partial charge is 0.478 e. The van der Waals surface area contributed by atoms with Crippen LogP contribution in [0.25, 0.3) is 0 Å². The fraction of sp³-hybridized carbons (Fsp3) is 0.429. The Kier molecular flexibility index (Phi) is 4.96. The van der Waals surface area contributed by atoms with Crippen LogP contribution in [0.2, 0.25) is 0 Å². The van der Waals surface area contributed by atoms with E-state index in [0.29, 0.717) is 0 Å². The molecule has 0 unspecified atom stereocenters. The molecule has 114 valence electrons. The van der Waals surface area contributed by atoms with E-state index >= 15 is 0 Å². The van der Waals surface area contributed by atoms with E-state index in [4.69, 9.17) is 4.74 Å². The summed E-state index contributed by atoms with van der Waals surface area (Å²) in [5.74, 6) is -2.31. The molecule has 0 aromatic heterocycles. The number of rotatable bonds is 5. The molecule has 0 saturated carbocycles. The van der Waals surface area contributed by atoms with Gasteiger partial charge in [-0.05, 0) is 38.5 Å². The molecule has 0 fully saturated rings. The molecular formula is C14H16FNO5. The maximum Gasteiger partial charge on any atom is 0.363 e. The molecule has 0 spiro atoms. The van der Waals surface area contributed by atoms with Crippen molar-refractivity contribution >= 4 is 12.0 Å². The molecule has 0 aliphatic carbocycles. The number of aliphatic hydroxyl groups is 1. The SMILES string of the molecule is CC(C)(C)O[C@@H](c1ccc(F)cc1)[C@](O)(N=C=O)C(=O)O. The topological polar surface area (TPSA) is 96.2 Å². The summed E-state index contributed by atoms with van der Waals surface area (Å²) < 4.78 is 18.5. The number of carbonyl (C=O) groups is 1. The lowest BCUT2D eigenvalue weighted by Gasteiger charge is -2.33. The second kappa shape index (κ2) is 6.13. The highest BCUT2D eigenvalue weighted by atomic mass is 19.1. The first-order valence-corrected chi connectivity index (χ1v) is 6.08. The Balaban J connectivity index is 3.40. The Hall–Kier alpha value is -2.08. The fourth-order valence-corrected chi connectivity index (χ4v) is 1.66. The van der Waals surface area contributed by atoms with Crippen molar-refractivity contribution in [2.24, 2.45) is 4.99 Å². The number of carboxylic acids is 1. The zero-order chi connectivity index (χ0) is 16.3. The lowest BCUT2D eigenvalue weighted by Crippen LogP contribution is -2.46. The van der Waals surface area contributed by atoms with Gasteiger partial charge in [0.25, 0.3) is 5.72 Å². The van der Waals surface area contributed by atoms with E-state index in [-0.39, 0.29) is 5.56 Å². The smallest absolute Gasteiger partial charge is 0.363 e. The second-order valence-electron chi connectivity index (χ2n) is 5.40. The summed E-state index contributed by atoms with van der Waals surface area (Å²) in [5.41, 5.74) is -3.54. The van der Waals surface area contributed by atoms with Crippen LogP contribution in [0.15, 0.2) is 29.3 Å². The van der Waals surface area contributed by atoms with E-state index in [0.717, 1.165) is 18.2 Å². The quantitative estimate of drug-likeness (QED) is 0.638. The molecule has 21 heavy (non-hydrogen) atoms. The minimum Gasteiger partial charge on any atom is -0.478 e. The van der Waals surface area contributed by atoms with Crippen molar-refractivity contribution in [1.29, 1.82) is 0 Å². The van der Waals surface area contributed by atoms with Crippen molar-refractivity contribution in [2.45, 2.75) is 38.2 Å². The van der Waals surface area contributed by atoms with E-state index in [1.165, 1.54) is 12.1 Å². The van der Waals surface area contributed by atoms with Crippen molar-refractivity contribution in [3.8, 4) is 0 Å². The molecule has 6 nitrogen and oxygen atoms in total. The van der Waals surface area contributed by atoms with Gasteiger partial charge in [-0.1, -0.05) is 12.1 Å². The van der Waals surface area contributed by atoms with Crippen LogP contribution in [-0.4, -0.2) is 33.6 Å². The summed E-state index contributed by atoms with van der Waals surface area (Å²) in [6.45, 7) is 4.91. The molecule has 2 atom stereocenters. The Morgan fingerprint density at radius 1 is 1.33 bits per heavy atom. The lowest BCUT2D eigenvalue weighted by molar-refractivity contribution is -0.191. The van der Waals surface area contributed by atoms with Gasteiger partial charge in [0.05, 0.1) is 5.60 Å². The predicted molar refractivity (Wildman–Crippen MR) is 70.7 cm³/mol. The highest BCUT2D eigenvalue weighted by molar-refractivity contribution is 5.79. The highest BCUT2D eigenvalue weighted by Gasteiger charge is 2.48. The Morgan fingerprint density at radius 3 is 2.24 bits per heavy atom. The molecule has 0 aliphatic heterocycles. The van der Waals surface area contributed by atoms with Gasteiger partial charge in [-0.15, -0.1) is 0 Å². The lowest BCUT2D eigenvalue weighted by atomic mass is 9.97. The molecule has 7 heteroatoms. The van der Waals surface area contributed by atoms with Gasteiger partial charge in [0.15, 0.2) is 0 Å². The maximum absolute atomic E-state index is 13.0. The summed E-state index contributed by atoms with van der Waals surface area (Å²) in [5, 5.41) is 19.4. The van der Waals surface area contributed by atoms with Crippen molar-refractivity contribution in [2.75, 3.05) is 0 Å². The molecular weight excluding hydrogens is 281 g/mol. The van der Waals surface area contributed by atoms with Gasteiger partial charge in [-0.25, -0.2) is 14.0 Å². The Morgan fingerprint density at radius 2 is 1.86 bits per heavy atom.